The van der Waals surface area contributed by atoms with Crippen molar-refractivity contribution in [3.05, 3.63) is 101 Å². The van der Waals surface area contributed by atoms with Crippen LogP contribution >= 0.6 is 0 Å². The van der Waals surface area contributed by atoms with Crippen LogP contribution in [0.1, 0.15) is 24.4 Å². The van der Waals surface area contributed by atoms with Crippen LogP contribution in [0.5, 0.6) is 0 Å². The van der Waals surface area contributed by atoms with E-state index in [4.69, 9.17) is 15.2 Å². The zero-order valence-corrected chi connectivity index (χ0v) is 21.2. The summed E-state index contributed by atoms with van der Waals surface area (Å²) in [5.41, 5.74) is 11.9. The fraction of sp³-hybridized carbons (Fsp3) is 0.100. The van der Waals surface area contributed by atoms with Gasteiger partial charge in [-0.05, 0) is 37.6 Å². The Morgan fingerprint density at radius 3 is 2.59 bits per heavy atom. The zero-order valence-electron chi connectivity index (χ0n) is 21.2. The third-order valence-electron chi connectivity index (χ3n) is 7.18. The summed E-state index contributed by atoms with van der Waals surface area (Å²) in [6.45, 7) is 3.90. The van der Waals surface area contributed by atoms with Crippen molar-refractivity contribution in [1.29, 1.82) is 0 Å². The van der Waals surface area contributed by atoms with Crippen LogP contribution in [0, 0.1) is 6.92 Å². The minimum atomic E-state index is -0.499. The highest BCUT2D eigenvalue weighted by Gasteiger charge is 2.27. The topological polar surface area (TPSA) is 129 Å². The molecule has 1 atom stereocenters. The molecular weight excluding hydrogens is 490 g/mol. The highest BCUT2D eigenvalue weighted by Crippen LogP contribution is 2.37. The molecule has 9 heteroatoms. The highest BCUT2D eigenvalue weighted by atomic mass is 16.3. The number of hydrogen-bond donors (Lipinski definition) is 2. The van der Waals surface area contributed by atoms with Gasteiger partial charge in [0.1, 0.15) is 35.2 Å². The molecular formula is C30H23N7O2. The van der Waals surface area contributed by atoms with Crippen LogP contribution in [0.15, 0.2) is 88.3 Å². The molecule has 1 unspecified atom stereocenters. The second kappa shape index (κ2) is 8.63. The summed E-state index contributed by atoms with van der Waals surface area (Å²) in [5, 5.41) is 14.6. The van der Waals surface area contributed by atoms with Crippen molar-refractivity contribution in [3.63, 3.8) is 0 Å². The first-order valence-electron chi connectivity index (χ1n) is 12.6. The molecule has 0 fully saturated rings. The lowest BCUT2D eigenvalue weighted by atomic mass is 9.99. The van der Waals surface area contributed by atoms with Crippen molar-refractivity contribution >= 4 is 38.7 Å². The Hall–Kier alpha value is -5.31. The van der Waals surface area contributed by atoms with Crippen LogP contribution in [-0.4, -0.2) is 29.9 Å². The van der Waals surface area contributed by atoms with Crippen LogP contribution in [0.3, 0.4) is 0 Å². The number of H-pyrrole nitrogens is 1. The Balaban J connectivity index is 1.49. The molecule has 0 radical (unpaired) electrons. The van der Waals surface area contributed by atoms with E-state index >= 15 is 0 Å². The van der Waals surface area contributed by atoms with E-state index in [1.807, 2.05) is 74.5 Å². The normalized spacial score (nSPS) is 12.5. The quantitative estimate of drug-likeness (QED) is 0.311. The van der Waals surface area contributed by atoms with Gasteiger partial charge in [0.15, 0.2) is 5.65 Å². The predicted molar refractivity (Wildman–Crippen MR) is 151 cm³/mol. The summed E-state index contributed by atoms with van der Waals surface area (Å²) < 4.78 is 8.20. The zero-order chi connectivity index (χ0) is 26.7. The lowest BCUT2D eigenvalue weighted by Gasteiger charge is -2.17. The van der Waals surface area contributed by atoms with Crippen LogP contribution in [-0.2, 0) is 0 Å². The number of hydrogen-bond acceptors (Lipinski definition) is 7. The Morgan fingerprint density at radius 1 is 0.949 bits per heavy atom. The maximum Gasteiger partial charge on any atom is 0.200 e. The standard InChI is InChI=1S/C30H23N7O2/c1-16-20-13-12-19(14-22(20)35-34-16)26-25-29(31)32-15-33-30(25)37(36-26)17(2)28-24(18-8-4-3-5-9-18)27(38)21-10-6-7-11-23(21)39-28/h3-15,17H,1-2H3,(H,34,35)(H2,31,32,33). The molecule has 0 aliphatic rings. The number of nitrogens with two attached hydrogens (primary N) is 1. The van der Waals surface area contributed by atoms with E-state index in [9.17, 15) is 4.79 Å². The number of aromatic amines is 1. The number of nitrogens with one attached hydrogen (secondary N) is 1. The first kappa shape index (κ1) is 22.9. The summed E-state index contributed by atoms with van der Waals surface area (Å²) in [5.74, 6) is 0.801. The van der Waals surface area contributed by atoms with Gasteiger partial charge in [0, 0.05) is 10.9 Å². The van der Waals surface area contributed by atoms with Gasteiger partial charge in [-0.25, -0.2) is 14.6 Å². The monoisotopic (exact) mass is 513 g/mol. The Bertz CT molecular complexity index is 2090. The van der Waals surface area contributed by atoms with Crippen molar-refractivity contribution < 1.29 is 4.42 Å². The molecule has 0 aliphatic carbocycles. The molecule has 0 amide bonds. The first-order chi connectivity index (χ1) is 19.0. The smallest absolute Gasteiger partial charge is 0.200 e. The summed E-state index contributed by atoms with van der Waals surface area (Å²) >= 11 is 0. The van der Waals surface area contributed by atoms with E-state index in [1.165, 1.54) is 6.33 Å². The van der Waals surface area contributed by atoms with Crippen molar-refractivity contribution in [1.82, 2.24) is 29.9 Å². The summed E-state index contributed by atoms with van der Waals surface area (Å²) in [6.07, 6.45) is 1.42. The van der Waals surface area contributed by atoms with Crippen LogP contribution in [0.25, 0.3) is 55.3 Å². The molecule has 4 heterocycles. The van der Waals surface area contributed by atoms with E-state index < -0.39 is 6.04 Å². The molecule has 9 nitrogen and oxygen atoms in total. The minimum Gasteiger partial charge on any atom is -0.458 e. The third-order valence-corrected chi connectivity index (χ3v) is 7.18. The summed E-state index contributed by atoms with van der Waals surface area (Å²) in [7, 11) is 0. The summed E-state index contributed by atoms with van der Waals surface area (Å²) in [6, 6.07) is 22.3. The maximum atomic E-state index is 13.8. The van der Waals surface area contributed by atoms with Gasteiger partial charge in [-0.2, -0.15) is 10.2 Å². The minimum absolute atomic E-state index is 0.101. The van der Waals surface area contributed by atoms with Gasteiger partial charge >= 0.3 is 0 Å². The number of anilines is 1. The number of para-hydroxylation sites is 1. The molecule has 190 valence electrons. The predicted octanol–water partition coefficient (Wildman–Crippen LogP) is 5.64. The van der Waals surface area contributed by atoms with Gasteiger partial charge in [-0.3, -0.25) is 9.89 Å². The molecule has 0 bridgehead atoms. The van der Waals surface area contributed by atoms with E-state index in [2.05, 4.69) is 20.2 Å². The average molecular weight is 514 g/mol. The van der Waals surface area contributed by atoms with Crippen LogP contribution < -0.4 is 11.2 Å². The van der Waals surface area contributed by atoms with Gasteiger partial charge in [-0.1, -0.05) is 54.6 Å². The average Bonchev–Trinajstić information content (AvgIpc) is 3.54. The lowest BCUT2D eigenvalue weighted by Crippen LogP contribution is -2.16. The molecule has 3 N–H and O–H groups in total. The number of aryl methyl sites for hydroxylation is 1. The van der Waals surface area contributed by atoms with Gasteiger partial charge in [0.25, 0.3) is 0 Å². The van der Waals surface area contributed by atoms with E-state index in [0.717, 1.165) is 27.7 Å². The molecule has 39 heavy (non-hydrogen) atoms. The molecule has 3 aromatic carbocycles. The second-order valence-electron chi connectivity index (χ2n) is 9.53. The van der Waals surface area contributed by atoms with Crippen molar-refractivity contribution in [2.75, 3.05) is 5.73 Å². The van der Waals surface area contributed by atoms with Crippen molar-refractivity contribution in [2.24, 2.45) is 0 Å². The third kappa shape index (κ3) is 3.51. The molecule has 4 aromatic heterocycles. The fourth-order valence-electron chi connectivity index (χ4n) is 5.21. The number of fused-ring (bicyclic) bond motifs is 3. The lowest BCUT2D eigenvalue weighted by molar-refractivity contribution is 0.446. The second-order valence-corrected chi connectivity index (χ2v) is 9.53. The molecule has 7 aromatic rings. The van der Waals surface area contributed by atoms with E-state index in [-0.39, 0.29) is 5.43 Å². The largest absolute Gasteiger partial charge is 0.458 e. The number of nitrogens with zero attached hydrogens (tertiary/aromatic N) is 5. The van der Waals surface area contributed by atoms with Crippen LogP contribution in [0.4, 0.5) is 5.82 Å². The van der Waals surface area contributed by atoms with Crippen LogP contribution in [0.2, 0.25) is 0 Å². The maximum absolute atomic E-state index is 13.8. The molecule has 0 saturated carbocycles. The SMILES string of the molecule is Cc1n[nH]c2cc(-c3nn(C(C)c4oc5ccccc5c(=O)c4-c4ccccc4)c4ncnc(N)c34)ccc12. The Morgan fingerprint density at radius 2 is 1.74 bits per heavy atom. The van der Waals surface area contributed by atoms with Crippen molar-refractivity contribution in [3.8, 4) is 22.4 Å². The molecule has 7 rings (SSSR count). The van der Waals surface area contributed by atoms with Gasteiger partial charge < -0.3 is 10.2 Å². The Kier molecular flexibility index (Phi) is 5.06. The van der Waals surface area contributed by atoms with E-state index in [0.29, 0.717) is 44.8 Å². The van der Waals surface area contributed by atoms with Gasteiger partial charge in [0.05, 0.1) is 27.5 Å². The molecule has 0 aliphatic heterocycles. The fourth-order valence-corrected chi connectivity index (χ4v) is 5.21. The van der Waals surface area contributed by atoms with Gasteiger partial charge in [0.2, 0.25) is 5.43 Å². The van der Waals surface area contributed by atoms with Crippen molar-refractivity contribution in [2.45, 2.75) is 19.9 Å². The summed E-state index contributed by atoms with van der Waals surface area (Å²) in [4.78, 5) is 22.6. The first-order valence-corrected chi connectivity index (χ1v) is 12.6. The van der Waals surface area contributed by atoms with E-state index in [1.54, 1.807) is 16.8 Å². The Labute approximate surface area is 221 Å². The molecule has 0 saturated heterocycles. The molecule has 0 spiro atoms. The highest BCUT2D eigenvalue weighted by molar-refractivity contribution is 6.00. The van der Waals surface area contributed by atoms with Gasteiger partial charge in [-0.15, -0.1) is 0 Å². The number of benzene rings is 3. The number of rotatable bonds is 4. The number of nitrogen functional groups attached to an aromatic ring is 1. The number of aromatic nitrogens is 6.